The Hall–Kier alpha value is -5.11. The number of rotatable bonds is 6. The fourth-order valence-electron chi connectivity index (χ4n) is 6.89. The van der Waals surface area contributed by atoms with Crippen molar-refractivity contribution in [2.75, 3.05) is 24.0 Å². The van der Waals surface area contributed by atoms with Crippen molar-refractivity contribution in [3.63, 3.8) is 0 Å². The Labute approximate surface area is 256 Å². The van der Waals surface area contributed by atoms with Crippen molar-refractivity contribution >= 4 is 28.9 Å². The number of fused-ring (bicyclic) bond motifs is 3. The number of ether oxygens (including phenoxy) is 2. The van der Waals surface area contributed by atoms with Crippen LogP contribution < -0.4 is 19.3 Å². The summed E-state index contributed by atoms with van der Waals surface area (Å²) in [5, 5.41) is 0. The van der Waals surface area contributed by atoms with Gasteiger partial charge in [0.15, 0.2) is 0 Å². The minimum atomic E-state index is -0.772. The van der Waals surface area contributed by atoms with Crippen LogP contribution in [0.1, 0.15) is 39.4 Å². The molecule has 3 aliphatic heterocycles. The number of carbonyl (C=O) groups excluding carboxylic acids is 2. The Morgan fingerprint density at radius 2 is 1.32 bits per heavy atom. The van der Waals surface area contributed by atoms with Gasteiger partial charge in [-0.2, -0.15) is 0 Å². The molecule has 44 heavy (non-hydrogen) atoms. The molecule has 2 aromatic carbocycles. The lowest BCUT2D eigenvalue weighted by atomic mass is 9.77. The maximum absolute atomic E-state index is 14.1. The number of amides is 2. The predicted molar refractivity (Wildman–Crippen MR) is 171 cm³/mol. The molecule has 8 heteroatoms. The molecule has 1 aliphatic carbocycles. The Kier molecular flexibility index (Phi) is 6.11. The second-order valence-electron chi connectivity index (χ2n) is 12.5. The standard InChI is InChI=1S/C36H34N4O4/c1-35(2)30-27-17-20-38(32-36(3,4)34(42)40(32)24-9-13-26(44-6)14-10-24)21-28(27)29(22-15-18-37-19-16-22)31(30)39(33(35)41)23-7-11-25(43-5)12-8-23/h7-21,32H,1-6H3. The van der Waals surface area contributed by atoms with Crippen molar-refractivity contribution in [1.29, 1.82) is 0 Å². The number of β-lactam (4-membered cyclic amide) rings is 1. The van der Waals surface area contributed by atoms with E-state index < -0.39 is 10.8 Å². The summed E-state index contributed by atoms with van der Waals surface area (Å²) in [6.07, 6.45) is 7.46. The van der Waals surface area contributed by atoms with E-state index >= 15 is 0 Å². The number of benzene rings is 2. The summed E-state index contributed by atoms with van der Waals surface area (Å²) in [6.45, 7) is 7.96. The van der Waals surface area contributed by atoms with Crippen LogP contribution in [0.2, 0.25) is 0 Å². The number of anilines is 3. The monoisotopic (exact) mass is 586 g/mol. The Balaban J connectivity index is 1.45. The minimum absolute atomic E-state index is 0.0120. The molecule has 0 N–H and O–H groups in total. The van der Waals surface area contributed by atoms with Crippen molar-refractivity contribution in [2.45, 2.75) is 39.3 Å². The van der Waals surface area contributed by atoms with Gasteiger partial charge in [0, 0.05) is 47.3 Å². The van der Waals surface area contributed by atoms with Crippen molar-refractivity contribution in [2.24, 2.45) is 5.41 Å². The number of carbonyl (C=O) groups is 2. The highest BCUT2D eigenvalue weighted by atomic mass is 16.5. The first-order chi connectivity index (χ1) is 21.1. The smallest absolute Gasteiger partial charge is 0.241 e. The molecule has 4 heterocycles. The maximum Gasteiger partial charge on any atom is 0.241 e. The Bertz CT molecular complexity index is 1870. The average molecular weight is 587 g/mol. The maximum atomic E-state index is 14.1. The molecule has 0 bridgehead atoms. The summed E-state index contributed by atoms with van der Waals surface area (Å²) in [5.41, 5.74) is 5.99. The molecule has 2 amide bonds. The number of pyridine rings is 2. The molecular weight excluding hydrogens is 552 g/mol. The summed E-state index contributed by atoms with van der Waals surface area (Å²) < 4.78 is 12.9. The number of aromatic nitrogens is 2. The SMILES string of the molecule is COc1ccc(N2C(=O)C(C)(C)c3c4ccn(C5N(c6ccc(OC)cc6)C(=O)C5(C)C)cc-4c(-c4ccncc4)c32)cc1. The third kappa shape index (κ3) is 3.80. The van der Waals surface area contributed by atoms with Gasteiger partial charge in [-0.3, -0.25) is 24.4 Å². The van der Waals surface area contributed by atoms with Crippen molar-refractivity contribution in [1.82, 2.24) is 9.55 Å². The molecule has 8 nitrogen and oxygen atoms in total. The van der Waals surface area contributed by atoms with Crippen LogP contribution in [0, 0.1) is 5.41 Å². The molecule has 1 saturated heterocycles. The molecule has 3 aromatic rings. The highest BCUT2D eigenvalue weighted by molar-refractivity contribution is 6.21. The van der Waals surface area contributed by atoms with Gasteiger partial charge in [0.2, 0.25) is 11.8 Å². The van der Waals surface area contributed by atoms with E-state index in [4.69, 9.17) is 9.47 Å². The van der Waals surface area contributed by atoms with E-state index in [1.165, 1.54) is 0 Å². The first-order valence-electron chi connectivity index (χ1n) is 14.6. The number of hydrogen-bond donors (Lipinski definition) is 0. The third-order valence-electron chi connectivity index (χ3n) is 9.17. The molecule has 1 unspecified atom stereocenters. The fourth-order valence-corrected chi connectivity index (χ4v) is 6.89. The number of nitrogens with zero attached hydrogens (tertiary/aromatic N) is 4. The molecule has 4 aliphatic rings. The molecule has 1 atom stereocenters. The zero-order valence-corrected chi connectivity index (χ0v) is 25.7. The third-order valence-corrected chi connectivity index (χ3v) is 9.17. The molecule has 0 spiro atoms. The zero-order valence-electron chi connectivity index (χ0n) is 25.7. The normalized spacial score (nSPS) is 18.4. The minimum Gasteiger partial charge on any atom is -0.497 e. The summed E-state index contributed by atoms with van der Waals surface area (Å²) in [5.74, 6) is 1.52. The van der Waals surface area contributed by atoms with Crippen molar-refractivity contribution in [3.05, 3.63) is 97.1 Å². The van der Waals surface area contributed by atoms with Crippen molar-refractivity contribution in [3.8, 4) is 33.8 Å². The van der Waals surface area contributed by atoms with Gasteiger partial charge in [0.1, 0.15) is 17.7 Å². The fraction of sp³-hybridized carbons (Fsp3) is 0.250. The lowest BCUT2D eigenvalue weighted by molar-refractivity contribution is -0.140. The van der Waals surface area contributed by atoms with E-state index in [9.17, 15) is 9.59 Å². The van der Waals surface area contributed by atoms with Crippen LogP contribution in [0.4, 0.5) is 17.1 Å². The summed E-state index contributed by atoms with van der Waals surface area (Å²) in [6, 6.07) is 21.2. The highest BCUT2D eigenvalue weighted by Crippen LogP contribution is 2.59. The summed E-state index contributed by atoms with van der Waals surface area (Å²) >= 11 is 0. The van der Waals surface area contributed by atoms with Crippen LogP contribution >= 0.6 is 0 Å². The second-order valence-corrected chi connectivity index (χ2v) is 12.5. The molecule has 0 radical (unpaired) electrons. The summed E-state index contributed by atoms with van der Waals surface area (Å²) in [4.78, 5) is 35.6. The van der Waals surface area contributed by atoms with Crippen LogP contribution in [-0.2, 0) is 15.0 Å². The second kappa shape index (κ2) is 9.71. The first kappa shape index (κ1) is 27.7. The van der Waals surface area contributed by atoms with E-state index in [0.717, 1.165) is 56.4 Å². The van der Waals surface area contributed by atoms with E-state index in [1.807, 2.05) is 104 Å². The van der Waals surface area contributed by atoms with E-state index in [2.05, 4.69) is 21.8 Å². The lowest BCUT2D eigenvalue weighted by Crippen LogP contribution is -2.63. The van der Waals surface area contributed by atoms with Gasteiger partial charge in [-0.25, -0.2) is 0 Å². The van der Waals surface area contributed by atoms with Crippen molar-refractivity contribution < 1.29 is 19.1 Å². The molecule has 0 saturated carbocycles. The number of hydrogen-bond acceptors (Lipinski definition) is 5. The van der Waals surface area contributed by atoms with Gasteiger partial charge >= 0.3 is 0 Å². The zero-order chi connectivity index (χ0) is 31.0. The van der Waals surface area contributed by atoms with Gasteiger partial charge in [0.25, 0.3) is 0 Å². The van der Waals surface area contributed by atoms with Crippen LogP contribution in [0.15, 0.2) is 91.5 Å². The number of methoxy groups -OCH3 is 2. The Morgan fingerprint density at radius 3 is 1.91 bits per heavy atom. The van der Waals surface area contributed by atoms with E-state index in [-0.39, 0.29) is 18.0 Å². The summed E-state index contributed by atoms with van der Waals surface area (Å²) in [7, 11) is 3.26. The van der Waals surface area contributed by atoms with Gasteiger partial charge < -0.3 is 14.0 Å². The van der Waals surface area contributed by atoms with E-state index in [1.54, 1.807) is 26.6 Å². The topological polar surface area (TPSA) is 76.9 Å². The molecular formula is C36H34N4O4. The van der Waals surface area contributed by atoms with Crippen LogP contribution in [0.25, 0.3) is 22.3 Å². The van der Waals surface area contributed by atoms with E-state index in [0.29, 0.717) is 0 Å². The largest absolute Gasteiger partial charge is 0.497 e. The van der Waals surface area contributed by atoms with Gasteiger partial charge in [-0.05, 0) is 111 Å². The molecule has 1 fully saturated rings. The first-order valence-corrected chi connectivity index (χ1v) is 14.6. The predicted octanol–water partition coefficient (Wildman–Crippen LogP) is 7.20. The molecule has 1 aromatic heterocycles. The molecule has 7 rings (SSSR count). The highest BCUT2D eigenvalue weighted by Gasteiger charge is 2.56. The average Bonchev–Trinajstić information content (AvgIpc) is 3.48. The van der Waals surface area contributed by atoms with Crippen LogP contribution in [0.5, 0.6) is 11.5 Å². The quantitative estimate of drug-likeness (QED) is 0.197. The van der Waals surface area contributed by atoms with Gasteiger partial charge in [-0.1, -0.05) is 0 Å². The Morgan fingerprint density at radius 1 is 0.727 bits per heavy atom. The van der Waals surface area contributed by atoms with Gasteiger partial charge in [0.05, 0.1) is 30.7 Å². The van der Waals surface area contributed by atoms with Gasteiger partial charge in [-0.15, -0.1) is 0 Å². The van der Waals surface area contributed by atoms with Crippen LogP contribution in [0.3, 0.4) is 0 Å². The van der Waals surface area contributed by atoms with Crippen LogP contribution in [-0.4, -0.2) is 35.6 Å². The molecule has 222 valence electrons. The lowest BCUT2D eigenvalue weighted by Gasteiger charge is -2.53.